The number of hydrogen-bond donors (Lipinski definition) is 1. The van der Waals surface area contributed by atoms with Gasteiger partial charge < -0.3 is 14.7 Å². The molecule has 0 radical (unpaired) electrons. The second-order valence-corrected chi connectivity index (χ2v) is 4.72. The molecule has 1 aliphatic heterocycles. The largest absolute Gasteiger partial charge is 0.480 e. The molecule has 1 amide bonds. The summed E-state index contributed by atoms with van der Waals surface area (Å²) in [6, 6.07) is 4.98. The highest BCUT2D eigenvalue weighted by atomic mass is 19.1. The van der Waals surface area contributed by atoms with Crippen LogP contribution in [-0.4, -0.2) is 40.6 Å². The third-order valence-corrected chi connectivity index (χ3v) is 3.31. The summed E-state index contributed by atoms with van der Waals surface area (Å²) in [6.07, 6.45) is 0.162. The molecule has 20 heavy (non-hydrogen) atoms. The van der Waals surface area contributed by atoms with E-state index in [1.165, 1.54) is 30.0 Å². The van der Waals surface area contributed by atoms with Gasteiger partial charge in [-0.25, -0.2) is 9.18 Å². The third kappa shape index (κ3) is 2.89. The van der Waals surface area contributed by atoms with Crippen molar-refractivity contribution in [1.29, 1.82) is 0 Å². The Morgan fingerprint density at radius 3 is 2.80 bits per heavy atom. The van der Waals surface area contributed by atoms with E-state index in [1.807, 2.05) is 0 Å². The minimum absolute atomic E-state index is 0.0144. The molecular formula is C14H16FNO4. The van der Waals surface area contributed by atoms with Crippen LogP contribution in [0.2, 0.25) is 0 Å². The quantitative estimate of drug-likeness (QED) is 0.911. The topological polar surface area (TPSA) is 66.8 Å². The second-order valence-electron chi connectivity index (χ2n) is 4.72. The maximum absolute atomic E-state index is 13.5. The molecule has 6 heteroatoms. The second kappa shape index (κ2) is 5.90. The fraction of sp³-hybridized carbons (Fsp3) is 0.429. The number of para-hydroxylation sites is 1. The van der Waals surface area contributed by atoms with Crippen LogP contribution in [0.4, 0.5) is 4.39 Å². The Morgan fingerprint density at radius 2 is 2.15 bits per heavy atom. The minimum Gasteiger partial charge on any atom is -0.480 e. The molecule has 1 heterocycles. The van der Waals surface area contributed by atoms with E-state index in [1.54, 1.807) is 6.07 Å². The van der Waals surface area contributed by atoms with Crippen LogP contribution in [0.15, 0.2) is 24.3 Å². The molecule has 2 rings (SSSR count). The van der Waals surface area contributed by atoms with Crippen LogP contribution in [0.1, 0.15) is 19.8 Å². The number of carbonyl (C=O) groups is 2. The van der Waals surface area contributed by atoms with E-state index in [0.717, 1.165) is 0 Å². The van der Waals surface area contributed by atoms with Gasteiger partial charge in [-0.15, -0.1) is 0 Å². The van der Waals surface area contributed by atoms with E-state index in [4.69, 9.17) is 9.84 Å². The number of ether oxygens (including phenoxy) is 1. The van der Waals surface area contributed by atoms with Crippen molar-refractivity contribution in [3.8, 4) is 5.75 Å². The number of hydrogen-bond acceptors (Lipinski definition) is 3. The molecule has 1 N–H and O–H groups in total. The number of aliphatic carboxylic acids is 1. The van der Waals surface area contributed by atoms with E-state index in [9.17, 15) is 14.0 Å². The molecular weight excluding hydrogens is 265 g/mol. The van der Waals surface area contributed by atoms with Gasteiger partial charge in [-0.05, 0) is 31.9 Å². The SMILES string of the molecule is CC(Oc1ccccc1F)C(=O)N1CCC[C@@H]1C(=O)O. The van der Waals surface area contributed by atoms with Crippen LogP contribution in [0.25, 0.3) is 0 Å². The predicted octanol–water partition coefficient (Wildman–Crippen LogP) is 1.67. The van der Waals surface area contributed by atoms with Gasteiger partial charge >= 0.3 is 5.97 Å². The molecule has 1 fully saturated rings. The molecule has 0 spiro atoms. The zero-order valence-electron chi connectivity index (χ0n) is 11.1. The van der Waals surface area contributed by atoms with Crippen LogP contribution in [0.5, 0.6) is 5.75 Å². The molecule has 1 saturated heterocycles. The molecule has 0 aliphatic carbocycles. The first-order chi connectivity index (χ1) is 9.50. The highest BCUT2D eigenvalue weighted by Gasteiger charge is 2.36. The van der Waals surface area contributed by atoms with Crippen LogP contribution < -0.4 is 4.74 Å². The van der Waals surface area contributed by atoms with Gasteiger partial charge in [0.1, 0.15) is 6.04 Å². The van der Waals surface area contributed by atoms with Gasteiger partial charge in [0.2, 0.25) is 0 Å². The number of nitrogens with zero attached hydrogens (tertiary/aromatic N) is 1. The van der Waals surface area contributed by atoms with Crippen molar-refractivity contribution in [2.75, 3.05) is 6.54 Å². The normalized spacial score (nSPS) is 19.7. The summed E-state index contributed by atoms with van der Waals surface area (Å²) in [7, 11) is 0. The maximum Gasteiger partial charge on any atom is 0.326 e. The van der Waals surface area contributed by atoms with Gasteiger partial charge in [0.15, 0.2) is 17.7 Å². The number of rotatable bonds is 4. The molecule has 0 saturated carbocycles. The standard InChI is InChI=1S/C14H16FNO4/c1-9(20-12-7-3-2-5-10(12)15)13(17)16-8-4-6-11(16)14(18)19/h2-3,5,7,9,11H,4,6,8H2,1H3,(H,18,19)/t9?,11-/m1/s1. The molecule has 0 aromatic heterocycles. The molecule has 1 aromatic rings. The lowest BCUT2D eigenvalue weighted by atomic mass is 10.2. The van der Waals surface area contributed by atoms with E-state index >= 15 is 0 Å². The summed E-state index contributed by atoms with van der Waals surface area (Å²) in [5.41, 5.74) is 0. The number of carboxylic acids is 1. The van der Waals surface area contributed by atoms with Crippen molar-refractivity contribution in [1.82, 2.24) is 4.90 Å². The molecule has 5 nitrogen and oxygen atoms in total. The maximum atomic E-state index is 13.5. The Morgan fingerprint density at radius 1 is 1.45 bits per heavy atom. The molecule has 1 aliphatic rings. The van der Waals surface area contributed by atoms with Gasteiger partial charge in [-0.3, -0.25) is 4.79 Å². The van der Waals surface area contributed by atoms with Crippen LogP contribution in [-0.2, 0) is 9.59 Å². The van der Waals surface area contributed by atoms with Gasteiger partial charge in [-0.2, -0.15) is 0 Å². The molecule has 1 aromatic carbocycles. The first kappa shape index (κ1) is 14.3. The summed E-state index contributed by atoms with van der Waals surface area (Å²) in [6.45, 7) is 1.88. The van der Waals surface area contributed by atoms with Crippen LogP contribution in [0, 0.1) is 5.82 Å². The molecule has 108 valence electrons. The Balaban J connectivity index is 2.05. The highest BCUT2D eigenvalue weighted by molar-refractivity contribution is 5.87. The average Bonchev–Trinajstić information content (AvgIpc) is 2.89. The number of carbonyl (C=O) groups excluding carboxylic acids is 1. The minimum atomic E-state index is -1.02. The Kier molecular flexibility index (Phi) is 4.22. The van der Waals surface area contributed by atoms with Crippen molar-refractivity contribution < 1.29 is 23.8 Å². The lowest BCUT2D eigenvalue weighted by molar-refractivity contribution is -0.150. The lowest BCUT2D eigenvalue weighted by Crippen LogP contribution is -2.46. The van der Waals surface area contributed by atoms with Crippen LogP contribution in [0.3, 0.4) is 0 Å². The van der Waals surface area contributed by atoms with Gasteiger partial charge in [0.25, 0.3) is 5.91 Å². The lowest BCUT2D eigenvalue weighted by Gasteiger charge is -2.25. The number of likely N-dealkylation sites (tertiary alicyclic amines) is 1. The van der Waals surface area contributed by atoms with Crippen molar-refractivity contribution in [3.05, 3.63) is 30.1 Å². The summed E-state index contributed by atoms with van der Waals surface area (Å²) in [5, 5.41) is 9.05. The summed E-state index contributed by atoms with van der Waals surface area (Å²) < 4.78 is 18.7. The molecule has 2 atom stereocenters. The Bertz CT molecular complexity index is 520. The van der Waals surface area contributed by atoms with E-state index in [-0.39, 0.29) is 5.75 Å². The number of benzene rings is 1. The van der Waals surface area contributed by atoms with E-state index < -0.39 is 29.8 Å². The Labute approximate surface area is 116 Å². The van der Waals surface area contributed by atoms with Crippen molar-refractivity contribution in [3.63, 3.8) is 0 Å². The monoisotopic (exact) mass is 281 g/mol. The number of halogens is 1. The van der Waals surface area contributed by atoms with E-state index in [0.29, 0.717) is 19.4 Å². The smallest absolute Gasteiger partial charge is 0.326 e. The zero-order valence-corrected chi connectivity index (χ0v) is 11.1. The predicted molar refractivity (Wildman–Crippen MR) is 68.9 cm³/mol. The summed E-state index contributed by atoms with van der Waals surface area (Å²) >= 11 is 0. The van der Waals surface area contributed by atoms with Crippen molar-refractivity contribution in [2.24, 2.45) is 0 Å². The molecule has 0 bridgehead atoms. The Hall–Kier alpha value is -2.11. The zero-order chi connectivity index (χ0) is 14.7. The number of carboxylic acid groups (broad SMARTS) is 1. The first-order valence-electron chi connectivity index (χ1n) is 6.45. The van der Waals surface area contributed by atoms with Gasteiger partial charge in [-0.1, -0.05) is 12.1 Å². The highest BCUT2D eigenvalue weighted by Crippen LogP contribution is 2.21. The van der Waals surface area contributed by atoms with Gasteiger partial charge in [0.05, 0.1) is 0 Å². The van der Waals surface area contributed by atoms with Crippen molar-refractivity contribution >= 4 is 11.9 Å². The summed E-state index contributed by atoms with van der Waals surface area (Å²) in [5.74, 6) is -2.02. The third-order valence-electron chi connectivity index (χ3n) is 3.31. The fourth-order valence-electron chi connectivity index (χ4n) is 2.30. The first-order valence-corrected chi connectivity index (χ1v) is 6.45. The van der Waals surface area contributed by atoms with Crippen LogP contribution >= 0.6 is 0 Å². The molecule has 1 unspecified atom stereocenters. The average molecular weight is 281 g/mol. The van der Waals surface area contributed by atoms with Crippen molar-refractivity contribution in [2.45, 2.75) is 31.9 Å². The van der Waals surface area contributed by atoms with Gasteiger partial charge in [0, 0.05) is 6.54 Å². The summed E-state index contributed by atoms with van der Waals surface area (Å²) in [4.78, 5) is 24.5. The fourth-order valence-corrected chi connectivity index (χ4v) is 2.30. The number of amides is 1. The van der Waals surface area contributed by atoms with E-state index in [2.05, 4.69) is 0 Å².